The molecule has 1 N–H and O–H groups in total. The van der Waals surface area contributed by atoms with Crippen molar-refractivity contribution in [1.82, 2.24) is 15.1 Å². The van der Waals surface area contributed by atoms with Crippen molar-refractivity contribution in [3.63, 3.8) is 0 Å². The van der Waals surface area contributed by atoms with Gasteiger partial charge >= 0.3 is 0 Å². The van der Waals surface area contributed by atoms with Gasteiger partial charge in [-0.3, -0.25) is 9.48 Å². The second-order valence-corrected chi connectivity index (χ2v) is 6.88. The molecular weight excluding hydrogens is 314 g/mol. The molecule has 0 saturated carbocycles. The number of aromatic nitrogens is 2. The monoisotopic (exact) mass is 341 g/mol. The molecule has 3 rings (SSSR count). The molecule has 0 unspecified atom stereocenters. The molecule has 1 aromatic heterocycles. The number of hydrogen-bond acceptors (Lipinski definition) is 3. The Kier molecular flexibility index (Phi) is 5.87. The third-order valence-electron chi connectivity index (χ3n) is 4.69. The molecular formula is C20H27N3O2. The van der Waals surface area contributed by atoms with Gasteiger partial charge in [-0.1, -0.05) is 29.8 Å². The van der Waals surface area contributed by atoms with Crippen molar-refractivity contribution < 1.29 is 9.53 Å². The smallest absolute Gasteiger partial charge is 0.226 e. The van der Waals surface area contributed by atoms with Crippen molar-refractivity contribution >= 4 is 5.91 Å². The maximum Gasteiger partial charge on any atom is 0.226 e. The lowest BCUT2D eigenvalue weighted by atomic mass is 9.88. The summed E-state index contributed by atoms with van der Waals surface area (Å²) in [5.74, 6) is -0.00896. The van der Waals surface area contributed by atoms with E-state index in [1.54, 1.807) is 0 Å². The molecule has 1 amide bonds. The minimum atomic E-state index is -0.136. The van der Waals surface area contributed by atoms with Gasteiger partial charge in [0.25, 0.3) is 0 Å². The molecule has 2 aromatic rings. The predicted octanol–water partition coefficient (Wildman–Crippen LogP) is 3.17. The minimum absolute atomic E-state index is 0.0990. The highest BCUT2D eigenvalue weighted by Gasteiger charge is 2.32. The van der Waals surface area contributed by atoms with Gasteiger partial charge in [-0.05, 0) is 44.2 Å². The number of carbonyl (C=O) groups excluding carboxylic acids is 1. The van der Waals surface area contributed by atoms with Crippen molar-refractivity contribution in [3.8, 4) is 0 Å². The molecule has 2 heterocycles. The zero-order chi connectivity index (χ0) is 17.6. The Labute approximate surface area is 149 Å². The number of hydrogen-bond donors (Lipinski definition) is 1. The van der Waals surface area contributed by atoms with Crippen molar-refractivity contribution in [1.29, 1.82) is 0 Å². The fraction of sp³-hybridized carbons (Fsp3) is 0.500. The summed E-state index contributed by atoms with van der Waals surface area (Å²) in [7, 11) is 0. The molecule has 0 spiro atoms. The van der Waals surface area contributed by atoms with Gasteiger partial charge in [0, 0.05) is 25.9 Å². The zero-order valence-corrected chi connectivity index (χ0v) is 15.1. The molecule has 1 fully saturated rings. The lowest BCUT2D eigenvalue weighted by molar-refractivity contribution is -0.134. The molecule has 25 heavy (non-hydrogen) atoms. The van der Waals surface area contributed by atoms with Crippen LogP contribution in [0.3, 0.4) is 0 Å². The summed E-state index contributed by atoms with van der Waals surface area (Å²) in [5, 5.41) is 7.35. The summed E-state index contributed by atoms with van der Waals surface area (Å²) in [6.45, 7) is 6.29. The maximum atomic E-state index is 12.7. The maximum absolute atomic E-state index is 12.7. The molecule has 0 radical (unpaired) electrons. The first-order valence-corrected chi connectivity index (χ1v) is 9.08. The van der Waals surface area contributed by atoms with Gasteiger partial charge in [-0.15, -0.1) is 0 Å². The number of nitrogens with one attached hydrogen (secondary N) is 1. The Balaban J connectivity index is 1.52. The van der Waals surface area contributed by atoms with Gasteiger partial charge in [-0.25, -0.2) is 0 Å². The second kappa shape index (κ2) is 8.30. The molecule has 1 saturated heterocycles. The number of amides is 1. The Morgan fingerprint density at radius 1 is 1.28 bits per heavy atom. The summed E-state index contributed by atoms with van der Waals surface area (Å²) in [6.07, 6.45) is 6.42. The van der Waals surface area contributed by atoms with Crippen LogP contribution >= 0.6 is 0 Å². The SMILES string of the molecule is Cc1ccc([C@@H]2OCCC[C@H]2C(=O)NCCCn2cc(C)cn2)cc1. The Hall–Kier alpha value is -2.14. The number of aryl methyl sites for hydroxylation is 3. The van der Waals surface area contributed by atoms with Gasteiger partial charge in [0.2, 0.25) is 5.91 Å². The topological polar surface area (TPSA) is 56.1 Å². The number of nitrogens with zero attached hydrogens (tertiary/aromatic N) is 2. The number of benzene rings is 1. The molecule has 5 nitrogen and oxygen atoms in total. The van der Waals surface area contributed by atoms with Crippen LogP contribution in [0.15, 0.2) is 36.7 Å². The molecule has 0 bridgehead atoms. The molecule has 134 valence electrons. The molecule has 5 heteroatoms. The fourth-order valence-electron chi connectivity index (χ4n) is 3.31. The first kappa shape index (κ1) is 17.7. The molecule has 1 aromatic carbocycles. The Morgan fingerprint density at radius 2 is 2.08 bits per heavy atom. The summed E-state index contributed by atoms with van der Waals surface area (Å²) >= 11 is 0. The van der Waals surface area contributed by atoms with Crippen LogP contribution in [0.2, 0.25) is 0 Å². The predicted molar refractivity (Wildman–Crippen MR) is 97.2 cm³/mol. The molecule has 1 aliphatic heterocycles. The average molecular weight is 341 g/mol. The second-order valence-electron chi connectivity index (χ2n) is 6.88. The summed E-state index contributed by atoms with van der Waals surface area (Å²) in [4.78, 5) is 12.7. The van der Waals surface area contributed by atoms with Gasteiger partial charge in [0.1, 0.15) is 0 Å². The molecule has 1 aliphatic rings. The Morgan fingerprint density at radius 3 is 2.80 bits per heavy atom. The largest absolute Gasteiger partial charge is 0.373 e. The standard InChI is InChI=1S/C20H27N3O2/c1-15-6-8-17(9-7-15)19-18(5-3-12-25-19)20(24)21-10-4-11-23-14-16(2)13-22-23/h6-9,13-14,18-19H,3-5,10-12H2,1-2H3,(H,21,24)/t18-,19+/m1/s1. The molecule has 0 aliphatic carbocycles. The number of rotatable bonds is 6. The van der Waals surface area contributed by atoms with Crippen LogP contribution in [0.4, 0.5) is 0 Å². The third-order valence-corrected chi connectivity index (χ3v) is 4.69. The van der Waals surface area contributed by atoms with E-state index in [-0.39, 0.29) is 17.9 Å². The van der Waals surface area contributed by atoms with Crippen molar-refractivity contribution in [2.75, 3.05) is 13.2 Å². The van der Waals surface area contributed by atoms with Crippen molar-refractivity contribution in [3.05, 3.63) is 53.3 Å². The van der Waals surface area contributed by atoms with Crippen LogP contribution in [0.1, 0.15) is 42.1 Å². The van der Waals surface area contributed by atoms with Gasteiger partial charge in [-0.2, -0.15) is 5.10 Å². The third kappa shape index (κ3) is 4.69. The normalized spacial score (nSPS) is 20.4. The van der Waals surface area contributed by atoms with Gasteiger partial charge in [0.15, 0.2) is 0 Å². The van der Waals surface area contributed by atoms with E-state index in [0.29, 0.717) is 6.54 Å². The summed E-state index contributed by atoms with van der Waals surface area (Å²) < 4.78 is 7.86. The summed E-state index contributed by atoms with van der Waals surface area (Å²) in [5.41, 5.74) is 3.47. The van der Waals surface area contributed by atoms with Crippen molar-refractivity contribution in [2.45, 2.75) is 45.8 Å². The van der Waals surface area contributed by atoms with E-state index < -0.39 is 0 Å². The fourth-order valence-corrected chi connectivity index (χ4v) is 3.31. The first-order chi connectivity index (χ1) is 12.1. The highest BCUT2D eigenvalue weighted by molar-refractivity contribution is 5.79. The quantitative estimate of drug-likeness (QED) is 0.821. The highest BCUT2D eigenvalue weighted by Crippen LogP contribution is 2.33. The van der Waals surface area contributed by atoms with Gasteiger partial charge in [0.05, 0.1) is 18.2 Å². The van der Waals surface area contributed by atoms with Crippen LogP contribution in [-0.2, 0) is 16.1 Å². The van der Waals surface area contributed by atoms with E-state index in [2.05, 4.69) is 41.6 Å². The van der Waals surface area contributed by atoms with Crippen LogP contribution < -0.4 is 5.32 Å². The van der Waals surface area contributed by atoms with E-state index >= 15 is 0 Å². The van der Waals surface area contributed by atoms with Crippen LogP contribution in [0.5, 0.6) is 0 Å². The van der Waals surface area contributed by atoms with Crippen LogP contribution in [-0.4, -0.2) is 28.8 Å². The van der Waals surface area contributed by atoms with E-state index in [9.17, 15) is 4.79 Å². The lowest BCUT2D eigenvalue weighted by Crippen LogP contribution is -2.38. The van der Waals surface area contributed by atoms with Crippen LogP contribution in [0, 0.1) is 19.8 Å². The lowest BCUT2D eigenvalue weighted by Gasteiger charge is -2.31. The first-order valence-electron chi connectivity index (χ1n) is 9.08. The van der Waals surface area contributed by atoms with E-state index in [0.717, 1.165) is 43.5 Å². The number of carbonyl (C=O) groups is 1. The average Bonchev–Trinajstić information content (AvgIpc) is 3.04. The highest BCUT2D eigenvalue weighted by atomic mass is 16.5. The van der Waals surface area contributed by atoms with E-state index in [4.69, 9.17) is 4.74 Å². The van der Waals surface area contributed by atoms with Crippen LogP contribution in [0.25, 0.3) is 0 Å². The number of ether oxygens (including phenoxy) is 1. The summed E-state index contributed by atoms with van der Waals surface area (Å²) in [6, 6.07) is 8.31. The van der Waals surface area contributed by atoms with Gasteiger partial charge < -0.3 is 10.1 Å². The van der Waals surface area contributed by atoms with Crippen molar-refractivity contribution in [2.24, 2.45) is 5.92 Å². The Bertz CT molecular complexity index is 693. The molecule has 2 atom stereocenters. The zero-order valence-electron chi connectivity index (χ0n) is 15.1. The van der Waals surface area contributed by atoms with E-state index in [1.165, 1.54) is 5.56 Å². The van der Waals surface area contributed by atoms with E-state index in [1.807, 2.05) is 24.0 Å². The minimum Gasteiger partial charge on any atom is -0.373 e.